The summed E-state index contributed by atoms with van der Waals surface area (Å²) in [6.07, 6.45) is 1.87. The third kappa shape index (κ3) is 5.38. The maximum atomic E-state index is 12.2. The van der Waals surface area contributed by atoms with Crippen LogP contribution in [0.5, 0.6) is 5.75 Å². The Labute approximate surface area is 153 Å². The highest BCUT2D eigenvalue weighted by Gasteiger charge is 2.07. The van der Waals surface area contributed by atoms with E-state index < -0.39 is 0 Å². The van der Waals surface area contributed by atoms with E-state index in [0.717, 1.165) is 18.5 Å². The molecule has 0 aliphatic heterocycles. The van der Waals surface area contributed by atoms with Crippen LogP contribution >= 0.6 is 0 Å². The second kappa shape index (κ2) is 9.28. The second-order valence-electron chi connectivity index (χ2n) is 5.88. The van der Waals surface area contributed by atoms with Crippen LogP contribution in [0.15, 0.2) is 84.9 Å². The van der Waals surface area contributed by atoms with Crippen LogP contribution in [0.25, 0.3) is 0 Å². The van der Waals surface area contributed by atoms with Crippen molar-refractivity contribution in [3.05, 3.63) is 90.5 Å². The van der Waals surface area contributed by atoms with E-state index >= 15 is 0 Å². The van der Waals surface area contributed by atoms with Crippen LogP contribution in [0.1, 0.15) is 12.0 Å². The van der Waals surface area contributed by atoms with E-state index in [-0.39, 0.29) is 6.03 Å². The molecule has 0 atom stereocenters. The molecule has 0 bridgehead atoms. The fourth-order valence-corrected chi connectivity index (χ4v) is 2.61. The van der Waals surface area contributed by atoms with Gasteiger partial charge in [-0.1, -0.05) is 60.7 Å². The lowest BCUT2D eigenvalue weighted by atomic mass is 10.1. The molecule has 0 radical (unpaired) electrons. The van der Waals surface area contributed by atoms with E-state index in [2.05, 4.69) is 22.8 Å². The fraction of sp³-hybridized carbons (Fsp3) is 0.136. The average molecular weight is 346 g/mol. The van der Waals surface area contributed by atoms with Crippen molar-refractivity contribution in [2.24, 2.45) is 0 Å². The number of aryl methyl sites for hydroxylation is 1. The fourth-order valence-electron chi connectivity index (χ4n) is 2.61. The Balaban J connectivity index is 1.51. The van der Waals surface area contributed by atoms with Gasteiger partial charge in [0.15, 0.2) is 0 Å². The molecule has 0 unspecified atom stereocenters. The summed E-state index contributed by atoms with van der Waals surface area (Å²) in [5.74, 6) is 0.670. The number of rotatable bonds is 7. The number of benzene rings is 3. The molecule has 0 aliphatic rings. The van der Waals surface area contributed by atoms with E-state index in [4.69, 9.17) is 4.74 Å². The summed E-state index contributed by atoms with van der Waals surface area (Å²) in [6, 6.07) is 26.8. The number of carbonyl (C=O) groups is 1. The van der Waals surface area contributed by atoms with Crippen molar-refractivity contribution < 1.29 is 9.53 Å². The number of hydrogen-bond acceptors (Lipinski definition) is 2. The smallest absolute Gasteiger partial charge is 0.323 e. The van der Waals surface area contributed by atoms with Crippen molar-refractivity contribution in [2.45, 2.75) is 12.8 Å². The van der Waals surface area contributed by atoms with Gasteiger partial charge in [0.2, 0.25) is 0 Å². The lowest BCUT2D eigenvalue weighted by molar-refractivity contribution is 0.261. The normalized spacial score (nSPS) is 10.2. The van der Waals surface area contributed by atoms with Gasteiger partial charge in [-0.3, -0.25) is 0 Å². The van der Waals surface area contributed by atoms with Gasteiger partial charge < -0.3 is 15.4 Å². The molecule has 0 spiro atoms. The molecule has 0 heterocycles. The van der Waals surface area contributed by atoms with Crippen molar-refractivity contribution >= 4 is 17.4 Å². The van der Waals surface area contributed by atoms with Gasteiger partial charge in [-0.2, -0.15) is 0 Å². The van der Waals surface area contributed by atoms with Gasteiger partial charge in [-0.25, -0.2) is 4.79 Å². The quantitative estimate of drug-likeness (QED) is 0.567. The van der Waals surface area contributed by atoms with E-state index in [0.29, 0.717) is 18.0 Å². The number of amides is 2. The first kappa shape index (κ1) is 17.5. The van der Waals surface area contributed by atoms with Gasteiger partial charge in [0.25, 0.3) is 0 Å². The van der Waals surface area contributed by atoms with Crippen molar-refractivity contribution in [3.8, 4) is 5.75 Å². The zero-order valence-electron chi connectivity index (χ0n) is 14.5. The highest BCUT2D eigenvalue weighted by Crippen LogP contribution is 2.24. The minimum atomic E-state index is -0.295. The van der Waals surface area contributed by atoms with E-state index in [1.807, 2.05) is 72.8 Å². The molecular weight excluding hydrogens is 324 g/mol. The SMILES string of the molecule is O=C(Nc1ccccc1)Nc1ccccc1OCCCc1ccccc1. The second-order valence-corrected chi connectivity index (χ2v) is 5.88. The van der Waals surface area contributed by atoms with Crippen LogP contribution in [0.4, 0.5) is 16.2 Å². The summed E-state index contributed by atoms with van der Waals surface area (Å²) in [5.41, 5.74) is 2.69. The van der Waals surface area contributed by atoms with Crippen LogP contribution in [0, 0.1) is 0 Å². The minimum absolute atomic E-state index is 0.295. The maximum Gasteiger partial charge on any atom is 0.323 e. The number of hydrogen-bond donors (Lipinski definition) is 2. The molecule has 0 aromatic heterocycles. The Kier molecular flexibility index (Phi) is 6.26. The topological polar surface area (TPSA) is 50.4 Å². The Bertz CT molecular complexity index is 820. The number of anilines is 2. The number of carbonyl (C=O) groups excluding carboxylic acids is 1. The summed E-state index contributed by atoms with van der Waals surface area (Å²) in [4.78, 5) is 12.2. The van der Waals surface area contributed by atoms with Crippen molar-refractivity contribution in [2.75, 3.05) is 17.2 Å². The zero-order valence-corrected chi connectivity index (χ0v) is 14.5. The Morgan fingerprint density at radius 3 is 2.19 bits per heavy atom. The molecule has 0 fully saturated rings. The monoisotopic (exact) mass is 346 g/mol. The lowest BCUT2D eigenvalue weighted by Crippen LogP contribution is -2.19. The highest BCUT2D eigenvalue weighted by atomic mass is 16.5. The zero-order chi connectivity index (χ0) is 18.0. The van der Waals surface area contributed by atoms with Crippen LogP contribution in [0.3, 0.4) is 0 Å². The molecule has 0 saturated carbocycles. The third-order valence-corrected chi connectivity index (χ3v) is 3.88. The first-order chi connectivity index (χ1) is 12.8. The van der Waals surface area contributed by atoms with Crippen molar-refractivity contribution in [1.82, 2.24) is 0 Å². The molecule has 2 N–H and O–H groups in total. The van der Waals surface area contributed by atoms with Gasteiger partial charge in [-0.05, 0) is 42.7 Å². The predicted octanol–water partition coefficient (Wildman–Crippen LogP) is 5.34. The first-order valence-corrected chi connectivity index (χ1v) is 8.70. The summed E-state index contributed by atoms with van der Waals surface area (Å²) < 4.78 is 5.87. The van der Waals surface area contributed by atoms with Gasteiger partial charge in [0.1, 0.15) is 5.75 Å². The molecule has 3 rings (SSSR count). The summed E-state index contributed by atoms with van der Waals surface area (Å²) in [5, 5.41) is 5.64. The van der Waals surface area contributed by atoms with Crippen LogP contribution in [-0.2, 0) is 6.42 Å². The van der Waals surface area contributed by atoms with Crippen LogP contribution < -0.4 is 15.4 Å². The number of para-hydroxylation sites is 3. The van der Waals surface area contributed by atoms with Gasteiger partial charge >= 0.3 is 6.03 Å². The van der Waals surface area contributed by atoms with Crippen LogP contribution in [-0.4, -0.2) is 12.6 Å². The van der Waals surface area contributed by atoms with Crippen molar-refractivity contribution in [1.29, 1.82) is 0 Å². The van der Waals surface area contributed by atoms with Crippen molar-refractivity contribution in [3.63, 3.8) is 0 Å². The minimum Gasteiger partial charge on any atom is -0.491 e. The molecule has 3 aromatic carbocycles. The summed E-state index contributed by atoms with van der Waals surface area (Å²) >= 11 is 0. The molecule has 4 heteroatoms. The highest BCUT2D eigenvalue weighted by molar-refractivity contribution is 6.00. The Morgan fingerprint density at radius 1 is 0.769 bits per heavy atom. The molecule has 0 aliphatic carbocycles. The lowest BCUT2D eigenvalue weighted by Gasteiger charge is -2.13. The molecular formula is C22H22N2O2. The number of ether oxygens (including phenoxy) is 1. The van der Waals surface area contributed by atoms with Gasteiger partial charge in [-0.15, -0.1) is 0 Å². The number of urea groups is 1. The summed E-state index contributed by atoms with van der Waals surface area (Å²) in [6.45, 7) is 0.591. The Hall–Kier alpha value is -3.27. The third-order valence-electron chi connectivity index (χ3n) is 3.88. The van der Waals surface area contributed by atoms with E-state index in [1.165, 1.54) is 5.56 Å². The molecule has 2 amide bonds. The largest absolute Gasteiger partial charge is 0.491 e. The molecule has 4 nitrogen and oxygen atoms in total. The van der Waals surface area contributed by atoms with Crippen LogP contribution in [0.2, 0.25) is 0 Å². The van der Waals surface area contributed by atoms with E-state index in [1.54, 1.807) is 0 Å². The molecule has 132 valence electrons. The van der Waals surface area contributed by atoms with Gasteiger partial charge in [0.05, 0.1) is 12.3 Å². The standard InChI is InChI=1S/C22H22N2O2/c25-22(23-19-13-5-2-6-14-19)24-20-15-7-8-16-21(20)26-17-9-12-18-10-3-1-4-11-18/h1-8,10-11,13-16H,9,12,17H2,(H2,23,24,25). The molecule has 3 aromatic rings. The summed E-state index contributed by atoms with van der Waals surface area (Å²) in [7, 11) is 0. The van der Waals surface area contributed by atoms with Gasteiger partial charge in [0, 0.05) is 5.69 Å². The first-order valence-electron chi connectivity index (χ1n) is 8.70. The molecule has 0 saturated heterocycles. The average Bonchev–Trinajstić information content (AvgIpc) is 2.68. The molecule has 26 heavy (non-hydrogen) atoms. The predicted molar refractivity (Wildman–Crippen MR) is 106 cm³/mol. The number of nitrogens with one attached hydrogen (secondary N) is 2. The maximum absolute atomic E-state index is 12.2. The Morgan fingerprint density at radius 2 is 1.42 bits per heavy atom. The van der Waals surface area contributed by atoms with E-state index in [9.17, 15) is 4.79 Å².